The number of alkyl halides is 5. The van der Waals surface area contributed by atoms with E-state index in [2.05, 4.69) is 14.5 Å². The van der Waals surface area contributed by atoms with Gasteiger partial charge in [-0.05, 0) is 6.07 Å². The van der Waals surface area contributed by atoms with Crippen LogP contribution in [-0.4, -0.2) is 23.6 Å². The van der Waals surface area contributed by atoms with Gasteiger partial charge in [0.1, 0.15) is 0 Å². The third kappa shape index (κ3) is 3.42. The van der Waals surface area contributed by atoms with E-state index in [4.69, 9.17) is 5.11 Å². The van der Waals surface area contributed by atoms with Crippen LogP contribution >= 0.6 is 0 Å². The minimum absolute atomic E-state index is 0.253. The zero-order valence-corrected chi connectivity index (χ0v) is 8.96. The second-order valence-electron chi connectivity index (χ2n) is 3.05. The van der Waals surface area contributed by atoms with Gasteiger partial charge in [-0.3, -0.25) is 0 Å². The van der Waals surface area contributed by atoms with E-state index in [1.54, 1.807) is 0 Å². The van der Waals surface area contributed by atoms with Crippen molar-refractivity contribution < 1.29 is 36.5 Å². The van der Waals surface area contributed by atoms with Gasteiger partial charge in [-0.15, -0.1) is 13.2 Å². The monoisotopic (exact) mass is 273 g/mol. The Kier molecular flexibility index (Phi) is 4.28. The lowest BCUT2D eigenvalue weighted by Gasteiger charge is -2.16. The number of halogens is 5. The number of aliphatic hydroxyl groups is 1. The molecular formula is C9H8F5NO3. The largest absolute Gasteiger partial charge is 0.573 e. The number of hydrogen-bond acceptors (Lipinski definition) is 4. The molecule has 9 heteroatoms. The van der Waals surface area contributed by atoms with Gasteiger partial charge in [0.2, 0.25) is 0 Å². The molecule has 0 atom stereocenters. The van der Waals surface area contributed by atoms with Gasteiger partial charge in [0.25, 0.3) is 12.3 Å². The van der Waals surface area contributed by atoms with Crippen LogP contribution in [0, 0.1) is 0 Å². The Morgan fingerprint density at radius 3 is 2.39 bits per heavy atom. The van der Waals surface area contributed by atoms with Crippen molar-refractivity contribution in [3.8, 4) is 11.6 Å². The molecule has 1 aromatic rings. The van der Waals surface area contributed by atoms with Gasteiger partial charge < -0.3 is 14.6 Å². The molecule has 1 rings (SSSR count). The minimum atomic E-state index is -5.15. The van der Waals surface area contributed by atoms with Crippen molar-refractivity contribution in [3.63, 3.8) is 0 Å². The molecule has 1 aromatic heterocycles. The van der Waals surface area contributed by atoms with Gasteiger partial charge in [-0.2, -0.15) is 0 Å². The van der Waals surface area contributed by atoms with E-state index in [0.29, 0.717) is 6.07 Å². The first-order valence-corrected chi connectivity index (χ1v) is 4.51. The molecule has 0 fully saturated rings. The number of rotatable bonds is 4. The lowest BCUT2D eigenvalue weighted by molar-refractivity contribution is -0.275. The molecule has 18 heavy (non-hydrogen) atoms. The fourth-order valence-corrected chi connectivity index (χ4v) is 1.18. The van der Waals surface area contributed by atoms with Crippen molar-refractivity contribution >= 4 is 0 Å². The van der Waals surface area contributed by atoms with Crippen molar-refractivity contribution in [2.45, 2.75) is 19.4 Å². The highest BCUT2D eigenvalue weighted by Crippen LogP contribution is 2.39. The summed E-state index contributed by atoms with van der Waals surface area (Å²) >= 11 is 0. The smallest absolute Gasteiger partial charge is 0.478 e. The van der Waals surface area contributed by atoms with E-state index >= 15 is 0 Å². The number of aromatic nitrogens is 1. The van der Waals surface area contributed by atoms with Crippen molar-refractivity contribution in [3.05, 3.63) is 17.3 Å². The lowest BCUT2D eigenvalue weighted by atomic mass is 10.2. The van der Waals surface area contributed by atoms with Crippen molar-refractivity contribution in [2.24, 2.45) is 0 Å². The summed E-state index contributed by atoms with van der Waals surface area (Å²) in [5.74, 6) is -1.98. The van der Waals surface area contributed by atoms with Gasteiger partial charge in [-0.1, -0.05) is 0 Å². The van der Waals surface area contributed by atoms with Crippen LogP contribution in [0.3, 0.4) is 0 Å². The Labute approximate surface area is 98.0 Å². The second kappa shape index (κ2) is 5.34. The van der Waals surface area contributed by atoms with Gasteiger partial charge >= 0.3 is 6.36 Å². The third-order valence-corrected chi connectivity index (χ3v) is 1.83. The molecule has 0 aliphatic heterocycles. The topological polar surface area (TPSA) is 51.6 Å². The van der Waals surface area contributed by atoms with Gasteiger partial charge in [0.05, 0.1) is 25.0 Å². The van der Waals surface area contributed by atoms with E-state index in [0.717, 1.165) is 7.11 Å². The highest BCUT2D eigenvalue weighted by Gasteiger charge is 2.36. The zero-order valence-electron chi connectivity index (χ0n) is 8.96. The Morgan fingerprint density at radius 1 is 1.39 bits per heavy atom. The third-order valence-electron chi connectivity index (χ3n) is 1.83. The first-order valence-electron chi connectivity index (χ1n) is 4.51. The van der Waals surface area contributed by atoms with Gasteiger partial charge in [0, 0.05) is 0 Å². The van der Waals surface area contributed by atoms with E-state index in [-0.39, 0.29) is 5.69 Å². The van der Waals surface area contributed by atoms with Crippen molar-refractivity contribution in [1.82, 2.24) is 4.98 Å². The molecule has 0 aliphatic carbocycles. The number of pyridine rings is 1. The maximum atomic E-state index is 12.6. The summed E-state index contributed by atoms with van der Waals surface area (Å²) in [6.45, 7) is -0.720. The number of ether oxygens (including phenoxy) is 2. The summed E-state index contributed by atoms with van der Waals surface area (Å²) < 4.78 is 69.4. The maximum Gasteiger partial charge on any atom is 0.573 e. The average Bonchev–Trinajstić information content (AvgIpc) is 2.26. The van der Waals surface area contributed by atoms with Crippen LogP contribution in [-0.2, 0) is 6.61 Å². The summed E-state index contributed by atoms with van der Waals surface area (Å²) in [5.41, 5.74) is -1.31. The van der Waals surface area contributed by atoms with E-state index in [1.807, 2.05) is 0 Å². The fraction of sp³-hybridized carbons (Fsp3) is 0.444. The lowest BCUT2D eigenvalue weighted by Crippen LogP contribution is -2.19. The van der Waals surface area contributed by atoms with Crippen LogP contribution in [0.15, 0.2) is 6.07 Å². The molecule has 1 N–H and O–H groups in total. The van der Waals surface area contributed by atoms with Gasteiger partial charge in [-0.25, -0.2) is 13.8 Å². The molecule has 0 radical (unpaired) electrons. The highest BCUT2D eigenvalue weighted by atomic mass is 19.4. The summed E-state index contributed by atoms with van der Waals surface area (Å²) in [6.07, 6.45) is -8.39. The Hall–Kier alpha value is -1.64. The summed E-state index contributed by atoms with van der Waals surface area (Å²) in [5, 5.41) is 8.76. The Balaban J connectivity index is 3.35. The summed E-state index contributed by atoms with van der Waals surface area (Å²) in [4.78, 5) is 3.41. The molecule has 0 amide bonds. The summed E-state index contributed by atoms with van der Waals surface area (Å²) in [6, 6.07) is 0.619. The van der Waals surface area contributed by atoms with Crippen LogP contribution in [0.2, 0.25) is 0 Å². The van der Waals surface area contributed by atoms with Crippen LogP contribution in [0.5, 0.6) is 11.6 Å². The molecule has 0 aliphatic rings. The number of hydrogen-bond donors (Lipinski definition) is 1. The maximum absolute atomic E-state index is 12.6. The normalized spacial score (nSPS) is 11.8. The fourth-order valence-electron chi connectivity index (χ4n) is 1.18. The molecule has 1 heterocycles. The Morgan fingerprint density at radius 2 is 2.00 bits per heavy atom. The van der Waals surface area contributed by atoms with E-state index in [1.165, 1.54) is 0 Å². The molecule has 0 saturated carbocycles. The van der Waals surface area contributed by atoms with Gasteiger partial charge in [0.15, 0.2) is 5.75 Å². The molecule has 0 unspecified atom stereocenters. The van der Waals surface area contributed by atoms with Crippen LogP contribution in [0.1, 0.15) is 17.7 Å². The standard InChI is InChI=1S/C9H8F5NO3/c1-17-8-6(18-9(12,13)14)5(7(10)11)2-4(3-16)15-8/h2,7,16H,3H2,1H3. The van der Waals surface area contributed by atoms with Crippen molar-refractivity contribution in [2.75, 3.05) is 7.11 Å². The number of aliphatic hydroxyl groups excluding tert-OH is 1. The first-order chi connectivity index (χ1) is 8.28. The zero-order chi connectivity index (χ0) is 13.9. The molecular weight excluding hydrogens is 265 g/mol. The number of methoxy groups -OCH3 is 1. The predicted molar refractivity (Wildman–Crippen MR) is 48.4 cm³/mol. The molecule has 0 spiro atoms. The Bertz CT molecular complexity index is 421. The molecule has 0 bridgehead atoms. The number of nitrogens with zero attached hydrogens (tertiary/aromatic N) is 1. The second-order valence-corrected chi connectivity index (χ2v) is 3.05. The van der Waals surface area contributed by atoms with Crippen LogP contribution < -0.4 is 9.47 Å². The van der Waals surface area contributed by atoms with E-state index in [9.17, 15) is 22.0 Å². The average molecular weight is 273 g/mol. The SMILES string of the molecule is COc1nc(CO)cc(C(F)F)c1OC(F)(F)F. The minimum Gasteiger partial charge on any atom is -0.478 e. The van der Waals surface area contributed by atoms with Crippen molar-refractivity contribution in [1.29, 1.82) is 0 Å². The molecule has 102 valence electrons. The predicted octanol–water partition coefficient (Wildman–Crippen LogP) is 2.42. The van der Waals surface area contributed by atoms with E-state index < -0.39 is 36.6 Å². The molecule has 0 saturated heterocycles. The first kappa shape index (κ1) is 14.4. The molecule has 0 aromatic carbocycles. The highest BCUT2D eigenvalue weighted by molar-refractivity contribution is 5.44. The van der Waals surface area contributed by atoms with Crippen LogP contribution in [0.4, 0.5) is 22.0 Å². The van der Waals surface area contributed by atoms with Crippen LogP contribution in [0.25, 0.3) is 0 Å². The molecule has 4 nitrogen and oxygen atoms in total. The quantitative estimate of drug-likeness (QED) is 0.856. The summed E-state index contributed by atoms with van der Waals surface area (Å²) in [7, 11) is 0.946.